The molecule has 0 amide bonds. The Morgan fingerprint density at radius 2 is 0.951 bits per heavy atom. The molecule has 306 valence electrons. The van der Waals surface area contributed by atoms with E-state index < -0.39 is 19.3 Å². The SMILES string of the molecule is CC1=CC=CC2[CH]([Zr](=[CH]c3ccc(-c4ccccc4)cc3)(=[CH]c3ccc(-c4ccccc4)cc3)[C]3=CC=CC3)C3(C)C4(C)C=CC=CC4(C)C4(C)C=CC=CC4(C)C3(C)C12C. The number of hydrogen-bond donors (Lipinski definition) is 0. The van der Waals surface area contributed by atoms with Gasteiger partial charge in [0.15, 0.2) is 0 Å². The molecule has 0 saturated heterocycles. The van der Waals surface area contributed by atoms with Crippen LogP contribution in [0, 0.1) is 43.8 Å². The average molecular weight is 874 g/mol. The summed E-state index contributed by atoms with van der Waals surface area (Å²) in [7, 11) is 0. The van der Waals surface area contributed by atoms with Crippen molar-refractivity contribution in [2.45, 2.75) is 65.4 Å². The van der Waals surface area contributed by atoms with E-state index in [0.29, 0.717) is 9.54 Å². The van der Waals surface area contributed by atoms with Crippen molar-refractivity contribution in [2.75, 3.05) is 0 Å². The van der Waals surface area contributed by atoms with E-state index in [4.69, 9.17) is 0 Å². The van der Waals surface area contributed by atoms with Gasteiger partial charge < -0.3 is 0 Å². The second-order valence-electron chi connectivity index (χ2n) is 20.5. The zero-order valence-corrected chi connectivity index (χ0v) is 39.9. The molecule has 0 aliphatic heterocycles. The van der Waals surface area contributed by atoms with E-state index in [1.54, 1.807) is 3.28 Å². The Kier molecular flexibility index (Phi) is 9.27. The van der Waals surface area contributed by atoms with Crippen molar-refractivity contribution >= 4 is 7.42 Å². The van der Waals surface area contributed by atoms with E-state index in [2.05, 4.69) is 257 Å². The number of benzene rings is 4. The molecular formula is C60H62Zr. The fraction of sp³-hybridized carbons (Fsp3) is 0.300. The molecule has 4 aromatic carbocycles. The second-order valence-corrected chi connectivity index (χ2v) is 29.6. The summed E-state index contributed by atoms with van der Waals surface area (Å²) in [6, 6.07) is 40.9. The fourth-order valence-corrected chi connectivity index (χ4v) is 30.4. The summed E-state index contributed by atoms with van der Waals surface area (Å²) in [4.78, 5) is 0. The molecule has 0 radical (unpaired) electrons. The van der Waals surface area contributed by atoms with Gasteiger partial charge >= 0.3 is 372 Å². The van der Waals surface area contributed by atoms with Gasteiger partial charge in [-0.05, 0) is 0 Å². The summed E-state index contributed by atoms with van der Waals surface area (Å²) in [6.07, 6.45) is 36.2. The number of allylic oxidation sites excluding steroid dienone is 16. The Labute approximate surface area is 370 Å². The number of hydrogen-bond acceptors (Lipinski definition) is 0. The third-order valence-corrected chi connectivity index (χ3v) is 31.7. The van der Waals surface area contributed by atoms with Crippen LogP contribution in [0.3, 0.4) is 0 Å². The quantitative estimate of drug-likeness (QED) is 0.181. The summed E-state index contributed by atoms with van der Waals surface area (Å²) in [5.41, 5.74) is 8.13. The molecule has 0 bridgehead atoms. The minimum atomic E-state index is -4.16. The predicted octanol–water partition coefficient (Wildman–Crippen LogP) is 15.3. The summed E-state index contributed by atoms with van der Waals surface area (Å²) >= 11 is -4.16. The normalized spacial score (nSPS) is 36.1. The second kappa shape index (κ2) is 14.0. The van der Waals surface area contributed by atoms with E-state index in [1.807, 2.05) is 0 Å². The monoisotopic (exact) mass is 872 g/mol. The van der Waals surface area contributed by atoms with Crippen LogP contribution >= 0.6 is 0 Å². The van der Waals surface area contributed by atoms with Crippen molar-refractivity contribution in [2.24, 2.45) is 43.8 Å². The van der Waals surface area contributed by atoms with Crippen molar-refractivity contribution in [3.05, 3.63) is 214 Å². The van der Waals surface area contributed by atoms with Gasteiger partial charge in [0, 0.05) is 0 Å². The molecule has 0 heterocycles. The molecule has 0 nitrogen and oxygen atoms in total. The van der Waals surface area contributed by atoms with Gasteiger partial charge in [0.1, 0.15) is 0 Å². The van der Waals surface area contributed by atoms with Crippen LogP contribution in [0.2, 0.25) is 3.63 Å². The van der Waals surface area contributed by atoms with E-state index >= 15 is 0 Å². The molecule has 1 heteroatoms. The van der Waals surface area contributed by atoms with E-state index in [1.165, 1.54) is 39.0 Å². The number of fused-ring (bicyclic) bond motifs is 8. The van der Waals surface area contributed by atoms with Crippen LogP contribution in [-0.2, 0) is 19.3 Å². The van der Waals surface area contributed by atoms with Crippen LogP contribution in [0.1, 0.15) is 72.9 Å². The molecule has 61 heavy (non-hydrogen) atoms. The first-order valence-electron chi connectivity index (χ1n) is 22.7. The molecule has 2 saturated carbocycles. The standard InChI is InChI=1S/C29H37.2C13H10.C5H5.Zr/c1-21-14-13-15-22-20-27(6)25(4)18-10-9-16-23(25,2)24(3)17-11-12-19-26(24,5)29(27,8)28(21,22)7;2*1-11-7-9-13(10-8-11)12-5-3-2-4-6-12;1-2-4-5-3-1;/h9-20,22H,1-8H3;2*1-10H;1-3H,4H2;. The first-order valence-corrected chi connectivity index (χ1v) is 28.2. The molecule has 9 unspecified atom stereocenters. The molecule has 6 aliphatic carbocycles. The molecule has 4 aromatic rings. The van der Waals surface area contributed by atoms with Crippen molar-refractivity contribution in [1.82, 2.24) is 0 Å². The van der Waals surface area contributed by atoms with Crippen LogP contribution in [0.25, 0.3) is 22.3 Å². The van der Waals surface area contributed by atoms with Crippen LogP contribution in [0.5, 0.6) is 0 Å². The molecule has 0 aromatic heterocycles. The van der Waals surface area contributed by atoms with Gasteiger partial charge in [-0.3, -0.25) is 0 Å². The Hall–Kier alpha value is -4.58. The zero-order chi connectivity index (χ0) is 42.5. The summed E-state index contributed by atoms with van der Waals surface area (Å²) in [5.74, 6) is 0.323. The maximum atomic E-state index is 2.92. The Balaban J connectivity index is 1.34. The van der Waals surface area contributed by atoms with Gasteiger partial charge in [-0.15, -0.1) is 0 Å². The third kappa shape index (κ3) is 5.02. The fourth-order valence-electron chi connectivity index (χ4n) is 15.3. The average Bonchev–Trinajstić information content (AvgIpc) is 3.89. The predicted molar refractivity (Wildman–Crippen MR) is 259 cm³/mol. The molecule has 10 rings (SSSR count). The van der Waals surface area contributed by atoms with Crippen LogP contribution in [-0.4, -0.2) is 7.42 Å². The van der Waals surface area contributed by atoms with E-state index in [-0.39, 0.29) is 37.9 Å². The summed E-state index contributed by atoms with van der Waals surface area (Å²) in [5, 5.41) is 0. The Morgan fingerprint density at radius 3 is 1.44 bits per heavy atom. The van der Waals surface area contributed by atoms with Crippen molar-refractivity contribution in [3.63, 3.8) is 0 Å². The van der Waals surface area contributed by atoms with Gasteiger partial charge in [0.2, 0.25) is 0 Å². The van der Waals surface area contributed by atoms with E-state index in [9.17, 15) is 0 Å². The molecule has 2 fully saturated rings. The molecule has 6 aliphatic rings. The molecule has 9 atom stereocenters. The first-order chi connectivity index (χ1) is 29.2. The summed E-state index contributed by atoms with van der Waals surface area (Å²) < 4.78 is 7.90. The first kappa shape index (κ1) is 40.5. The van der Waals surface area contributed by atoms with Crippen molar-refractivity contribution < 1.29 is 19.3 Å². The summed E-state index contributed by atoms with van der Waals surface area (Å²) in [6.45, 7) is 21.4. The van der Waals surface area contributed by atoms with Crippen LogP contribution in [0.4, 0.5) is 0 Å². The van der Waals surface area contributed by atoms with Gasteiger partial charge in [-0.2, -0.15) is 0 Å². The minimum absolute atomic E-state index is 0.128. The molecular weight excluding hydrogens is 812 g/mol. The Morgan fingerprint density at radius 1 is 0.492 bits per heavy atom. The van der Waals surface area contributed by atoms with Gasteiger partial charge in [-0.25, -0.2) is 0 Å². The topological polar surface area (TPSA) is 0 Å². The third-order valence-electron chi connectivity index (χ3n) is 19.2. The maximum absolute atomic E-state index is 4.16. The van der Waals surface area contributed by atoms with Gasteiger partial charge in [0.05, 0.1) is 0 Å². The molecule has 0 spiro atoms. The van der Waals surface area contributed by atoms with E-state index in [0.717, 1.165) is 6.42 Å². The Bertz CT molecular complexity index is 2700. The zero-order valence-electron chi connectivity index (χ0n) is 37.5. The number of rotatable bonds is 6. The van der Waals surface area contributed by atoms with Crippen LogP contribution in [0.15, 0.2) is 203 Å². The van der Waals surface area contributed by atoms with Crippen LogP contribution < -0.4 is 0 Å². The van der Waals surface area contributed by atoms with Crippen molar-refractivity contribution in [3.8, 4) is 22.3 Å². The molecule has 0 N–H and O–H groups in total. The van der Waals surface area contributed by atoms with Gasteiger partial charge in [0.25, 0.3) is 0 Å². The van der Waals surface area contributed by atoms with Gasteiger partial charge in [-0.1, -0.05) is 0 Å². The van der Waals surface area contributed by atoms with Crippen molar-refractivity contribution in [1.29, 1.82) is 0 Å².